The van der Waals surface area contributed by atoms with Gasteiger partial charge in [0.25, 0.3) is 0 Å². The van der Waals surface area contributed by atoms with Gasteiger partial charge in [0.1, 0.15) is 12.7 Å². The first-order valence-corrected chi connectivity index (χ1v) is 7.38. The Bertz CT molecular complexity index is 551. The van der Waals surface area contributed by atoms with Crippen molar-refractivity contribution in [2.45, 2.75) is 25.0 Å². The van der Waals surface area contributed by atoms with Gasteiger partial charge >= 0.3 is 0 Å². The standard InChI is InChI=1S/C17H20N2O2/c20-17(13-5-2-1-3-6-13)14-8-9-16(19-11-14)21-12-15-7-4-10-18-15/h1-3,5-6,8-9,11,15,17-18,20H,4,7,10,12H2. The zero-order chi connectivity index (χ0) is 14.5. The highest BCUT2D eigenvalue weighted by Crippen LogP contribution is 2.22. The highest BCUT2D eigenvalue weighted by atomic mass is 16.5. The third-order valence-electron chi connectivity index (χ3n) is 3.79. The van der Waals surface area contributed by atoms with Crippen LogP contribution in [0.3, 0.4) is 0 Å². The summed E-state index contributed by atoms with van der Waals surface area (Å²) in [6.45, 7) is 1.72. The molecule has 2 heterocycles. The van der Waals surface area contributed by atoms with Gasteiger partial charge in [-0.2, -0.15) is 0 Å². The number of hydrogen-bond acceptors (Lipinski definition) is 4. The highest BCUT2D eigenvalue weighted by Gasteiger charge is 2.15. The number of hydrogen-bond donors (Lipinski definition) is 2. The number of aliphatic hydroxyl groups excluding tert-OH is 1. The zero-order valence-electron chi connectivity index (χ0n) is 11.9. The van der Waals surface area contributed by atoms with E-state index in [1.54, 1.807) is 6.20 Å². The maximum absolute atomic E-state index is 10.3. The average Bonchev–Trinajstić information content (AvgIpc) is 3.07. The first-order valence-electron chi connectivity index (χ1n) is 7.38. The number of pyridine rings is 1. The van der Waals surface area contributed by atoms with E-state index in [1.807, 2.05) is 42.5 Å². The Labute approximate surface area is 124 Å². The molecule has 2 N–H and O–H groups in total. The van der Waals surface area contributed by atoms with Crippen LogP contribution in [0.15, 0.2) is 48.7 Å². The van der Waals surface area contributed by atoms with E-state index >= 15 is 0 Å². The van der Waals surface area contributed by atoms with Crippen LogP contribution in [0.5, 0.6) is 5.88 Å². The van der Waals surface area contributed by atoms with Crippen molar-refractivity contribution in [3.63, 3.8) is 0 Å². The van der Waals surface area contributed by atoms with Crippen LogP contribution in [0.1, 0.15) is 30.1 Å². The molecule has 1 aliphatic rings. The van der Waals surface area contributed by atoms with Crippen LogP contribution in [0.4, 0.5) is 0 Å². The number of ether oxygens (including phenoxy) is 1. The number of nitrogens with one attached hydrogen (secondary N) is 1. The van der Waals surface area contributed by atoms with Gasteiger partial charge in [0.15, 0.2) is 0 Å². The van der Waals surface area contributed by atoms with Crippen LogP contribution in [0.2, 0.25) is 0 Å². The normalized spacial score (nSPS) is 19.4. The van der Waals surface area contributed by atoms with Crippen molar-refractivity contribution in [3.8, 4) is 5.88 Å². The maximum atomic E-state index is 10.3. The molecule has 0 amide bonds. The van der Waals surface area contributed by atoms with Gasteiger partial charge in [-0.25, -0.2) is 4.98 Å². The molecule has 0 saturated carbocycles. The largest absolute Gasteiger partial charge is 0.476 e. The summed E-state index contributed by atoms with van der Waals surface area (Å²) in [5, 5.41) is 13.7. The predicted molar refractivity (Wildman–Crippen MR) is 81.3 cm³/mol. The number of nitrogens with zero attached hydrogens (tertiary/aromatic N) is 1. The maximum Gasteiger partial charge on any atom is 0.213 e. The Morgan fingerprint density at radius 3 is 2.71 bits per heavy atom. The Balaban J connectivity index is 1.61. The highest BCUT2D eigenvalue weighted by molar-refractivity contribution is 5.29. The summed E-state index contributed by atoms with van der Waals surface area (Å²) < 4.78 is 5.68. The molecule has 4 heteroatoms. The number of benzene rings is 1. The summed E-state index contributed by atoms with van der Waals surface area (Å²) in [5.74, 6) is 0.604. The van der Waals surface area contributed by atoms with Crippen molar-refractivity contribution in [2.24, 2.45) is 0 Å². The molecule has 21 heavy (non-hydrogen) atoms. The first kappa shape index (κ1) is 14.0. The monoisotopic (exact) mass is 284 g/mol. The molecule has 1 aromatic carbocycles. The molecule has 110 valence electrons. The average molecular weight is 284 g/mol. The fourth-order valence-corrected chi connectivity index (χ4v) is 2.55. The van der Waals surface area contributed by atoms with Crippen molar-refractivity contribution >= 4 is 0 Å². The van der Waals surface area contributed by atoms with E-state index in [0.29, 0.717) is 18.5 Å². The third-order valence-corrected chi connectivity index (χ3v) is 3.79. The summed E-state index contributed by atoms with van der Waals surface area (Å²) in [6, 6.07) is 13.7. The van der Waals surface area contributed by atoms with Crippen LogP contribution in [0.25, 0.3) is 0 Å². The molecule has 1 aliphatic heterocycles. The SMILES string of the molecule is OC(c1ccccc1)c1ccc(OCC2CCCN2)nc1. The lowest BCUT2D eigenvalue weighted by atomic mass is 10.0. The van der Waals surface area contributed by atoms with Crippen molar-refractivity contribution in [1.29, 1.82) is 0 Å². The third kappa shape index (κ3) is 3.60. The second kappa shape index (κ2) is 6.70. The number of aliphatic hydroxyl groups is 1. The molecule has 2 aromatic rings. The van der Waals surface area contributed by atoms with Crippen molar-refractivity contribution in [1.82, 2.24) is 10.3 Å². The molecule has 2 atom stereocenters. The van der Waals surface area contributed by atoms with Crippen LogP contribution in [-0.2, 0) is 0 Å². The molecule has 0 bridgehead atoms. The topological polar surface area (TPSA) is 54.4 Å². The molecule has 0 aliphatic carbocycles. The number of rotatable bonds is 5. The van der Waals surface area contributed by atoms with E-state index in [9.17, 15) is 5.11 Å². The molecule has 1 fully saturated rings. The van der Waals surface area contributed by atoms with Crippen molar-refractivity contribution < 1.29 is 9.84 Å². The lowest BCUT2D eigenvalue weighted by Gasteiger charge is -2.13. The lowest BCUT2D eigenvalue weighted by molar-refractivity contribution is 0.219. The summed E-state index contributed by atoms with van der Waals surface area (Å²) >= 11 is 0. The molecule has 1 saturated heterocycles. The van der Waals surface area contributed by atoms with Crippen molar-refractivity contribution in [3.05, 3.63) is 59.8 Å². The van der Waals surface area contributed by atoms with Gasteiger partial charge in [0, 0.05) is 23.9 Å². The van der Waals surface area contributed by atoms with Gasteiger partial charge in [-0.1, -0.05) is 30.3 Å². The molecule has 4 nitrogen and oxygen atoms in total. The molecule has 0 radical (unpaired) electrons. The summed E-state index contributed by atoms with van der Waals surface area (Å²) in [4.78, 5) is 4.28. The van der Waals surface area contributed by atoms with Crippen LogP contribution in [0, 0.1) is 0 Å². The van der Waals surface area contributed by atoms with E-state index < -0.39 is 6.10 Å². The second-order valence-corrected chi connectivity index (χ2v) is 5.35. The quantitative estimate of drug-likeness (QED) is 0.884. The minimum atomic E-state index is -0.649. The molecule has 1 aromatic heterocycles. The van der Waals surface area contributed by atoms with Crippen LogP contribution in [-0.4, -0.2) is 29.3 Å². The van der Waals surface area contributed by atoms with E-state index in [0.717, 1.165) is 24.1 Å². The molecule has 3 rings (SSSR count). The minimum absolute atomic E-state index is 0.432. The van der Waals surface area contributed by atoms with E-state index in [-0.39, 0.29) is 0 Å². The minimum Gasteiger partial charge on any atom is -0.476 e. The Kier molecular flexibility index (Phi) is 4.48. The Morgan fingerprint density at radius 1 is 1.19 bits per heavy atom. The molecular formula is C17H20N2O2. The zero-order valence-corrected chi connectivity index (χ0v) is 11.9. The van der Waals surface area contributed by atoms with Crippen LogP contribution >= 0.6 is 0 Å². The molecule has 0 spiro atoms. The predicted octanol–water partition coefficient (Wildman–Crippen LogP) is 2.29. The van der Waals surface area contributed by atoms with Crippen molar-refractivity contribution in [2.75, 3.05) is 13.2 Å². The Morgan fingerprint density at radius 2 is 2.05 bits per heavy atom. The lowest BCUT2D eigenvalue weighted by Crippen LogP contribution is -2.28. The van der Waals surface area contributed by atoms with E-state index in [2.05, 4.69) is 10.3 Å². The van der Waals surface area contributed by atoms with Gasteiger partial charge in [0.2, 0.25) is 5.88 Å². The van der Waals surface area contributed by atoms with Gasteiger partial charge in [-0.3, -0.25) is 0 Å². The molecule has 2 unspecified atom stereocenters. The Hall–Kier alpha value is -1.91. The summed E-state index contributed by atoms with van der Waals surface area (Å²) in [7, 11) is 0. The van der Waals surface area contributed by atoms with E-state index in [4.69, 9.17) is 4.74 Å². The fourth-order valence-electron chi connectivity index (χ4n) is 2.55. The van der Waals surface area contributed by atoms with Crippen LogP contribution < -0.4 is 10.1 Å². The molecular weight excluding hydrogens is 264 g/mol. The van der Waals surface area contributed by atoms with Gasteiger partial charge in [-0.05, 0) is 31.0 Å². The second-order valence-electron chi connectivity index (χ2n) is 5.35. The van der Waals surface area contributed by atoms with Gasteiger partial charge in [0.05, 0.1) is 0 Å². The first-order chi connectivity index (χ1) is 10.3. The van der Waals surface area contributed by atoms with Gasteiger partial charge < -0.3 is 15.2 Å². The fraction of sp³-hybridized carbons (Fsp3) is 0.353. The smallest absolute Gasteiger partial charge is 0.213 e. The summed E-state index contributed by atoms with van der Waals surface area (Å²) in [6.07, 6.45) is 3.40. The summed E-state index contributed by atoms with van der Waals surface area (Å²) in [5.41, 5.74) is 1.63. The van der Waals surface area contributed by atoms with E-state index in [1.165, 1.54) is 6.42 Å². The van der Waals surface area contributed by atoms with Gasteiger partial charge in [-0.15, -0.1) is 0 Å². The number of aromatic nitrogens is 1.